The first-order valence-corrected chi connectivity index (χ1v) is 6.51. The Bertz CT molecular complexity index is 343. The molecule has 0 saturated heterocycles. The van der Waals surface area contributed by atoms with Gasteiger partial charge < -0.3 is 5.11 Å². The molecule has 0 bridgehead atoms. The summed E-state index contributed by atoms with van der Waals surface area (Å²) in [7, 11) is 0. The predicted octanol–water partition coefficient (Wildman–Crippen LogP) is 4.32. The smallest absolute Gasteiger partial charge is 0.0899 e. The summed E-state index contributed by atoms with van der Waals surface area (Å²) < 4.78 is 0. The van der Waals surface area contributed by atoms with E-state index in [1.807, 2.05) is 13.0 Å². The molecule has 1 rings (SSSR count). The first-order valence-electron chi connectivity index (χ1n) is 6.51. The minimum absolute atomic E-state index is 0.595. The fourth-order valence-corrected chi connectivity index (χ4v) is 2.00. The van der Waals surface area contributed by atoms with Crippen LogP contribution in [0.3, 0.4) is 0 Å². The van der Waals surface area contributed by atoms with Gasteiger partial charge in [-0.25, -0.2) is 0 Å². The zero-order valence-electron chi connectivity index (χ0n) is 11.1. The molecule has 0 unspecified atom stereocenters. The van der Waals surface area contributed by atoms with E-state index >= 15 is 0 Å². The standard InChI is InChI=1S/C16H24O/c1-4-6-7-8-14-9-11-15(12-10-14)16(3,17)13-5-2/h5,8-9,11-12,17H,2,4,6-7,10,13H2,1,3H3/b14-8-/t16-/m1/s1. The molecule has 1 N–H and O–H groups in total. The van der Waals surface area contributed by atoms with E-state index in [1.165, 1.54) is 18.4 Å². The van der Waals surface area contributed by atoms with Crippen LogP contribution in [-0.2, 0) is 0 Å². The molecule has 0 aromatic heterocycles. The highest BCUT2D eigenvalue weighted by molar-refractivity contribution is 5.39. The number of rotatable bonds is 6. The molecule has 0 radical (unpaired) electrons. The zero-order chi connectivity index (χ0) is 12.7. The monoisotopic (exact) mass is 232 g/mol. The average molecular weight is 232 g/mol. The van der Waals surface area contributed by atoms with E-state index in [2.05, 4.69) is 31.7 Å². The summed E-state index contributed by atoms with van der Waals surface area (Å²) in [5, 5.41) is 10.2. The van der Waals surface area contributed by atoms with Crippen molar-refractivity contribution in [1.29, 1.82) is 0 Å². The molecule has 1 nitrogen and oxygen atoms in total. The van der Waals surface area contributed by atoms with Gasteiger partial charge in [-0.05, 0) is 37.3 Å². The molecule has 1 aliphatic rings. The number of hydrogen-bond donors (Lipinski definition) is 1. The van der Waals surface area contributed by atoms with Crippen LogP contribution < -0.4 is 0 Å². The van der Waals surface area contributed by atoms with Gasteiger partial charge in [0.25, 0.3) is 0 Å². The lowest BCUT2D eigenvalue weighted by atomic mass is 9.87. The van der Waals surface area contributed by atoms with Crippen LogP contribution in [0.25, 0.3) is 0 Å². The molecule has 0 amide bonds. The summed E-state index contributed by atoms with van der Waals surface area (Å²) in [6.07, 6.45) is 15.5. The van der Waals surface area contributed by atoms with Crippen LogP contribution >= 0.6 is 0 Å². The molecule has 0 heterocycles. The van der Waals surface area contributed by atoms with Gasteiger partial charge in [-0.3, -0.25) is 0 Å². The molecule has 0 saturated carbocycles. The Morgan fingerprint density at radius 3 is 2.76 bits per heavy atom. The quantitative estimate of drug-likeness (QED) is 0.534. The van der Waals surface area contributed by atoms with Crippen molar-refractivity contribution < 1.29 is 5.11 Å². The van der Waals surface area contributed by atoms with Crippen molar-refractivity contribution in [3.05, 3.63) is 48.1 Å². The lowest BCUT2D eigenvalue weighted by molar-refractivity contribution is 0.105. The summed E-state index contributed by atoms with van der Waals surface area (Å²) in [5.74, 6) is 0. The van der Waals surface area contributed by atoms with Gasteiger partial charge in [-0.1, -0.05) is 50.1 Å². The van der Waals surface area contributed by atoms with Crippen LogP contribution in [0.2, 0.25) is 0 Å². The molecule has 0 aromatic rings. The Balaban J connectivity index is 2.59. The third kappa shape index (κ3) is 4.35. The highest BCUT2D eigenvalue weighted by Crippen LogP contribution is 2.27. The number of unbranched alkanes of at least 4 members (excludes halogenated alkanes) is 2. The Kier molecular flexibility index (Phi) is 5.43. The second-order valence-corrected chi connectivity index (χ2v) is 4.88. The largest absolute Gasteiger partial charge is 0.385 e. The zero-order valence-corrected chi connectivity index (χ0v) is 11.1. The molecule has 0 fully saturated rings. The molecule has 1 heteroatoms. The number of aliphatic hydroxyl groups is 1. The molecule has 0 aliphatic heterocycles. The van der Waals surface area contributed by atoms with Crippen molar-refractivity contribution in [2.24, 2.45) is 0 Å². The maximum absolute atomic E-state index is 10.2. The van der Waals surface area contributed by atoms with Crippen LogP contribution in [0.1, 0.15) is 46.0 Å². The van der Waals surface area contributed by atoms with E-state index in [0.717, 1.165) is 18.4 Å². The molecular weight excluding hydrogens is 208 g/mol. The van der Waals surface area contributed by atoms with E-state index in [4.69, 9.17) is 0 Å². The van der Waals surface area contributed by atoms with Gasteiger partial charge in [0.2, 0.25) is 0 Å². The van der Waals surface area contributed by atoms with Crippen molar-refractivity contribution >= 4 is 0 Å². The number of hydrogen-bond acceptors (Lipinski definition) is 1. The molecule has 1 aliphatic carbocycles. The van der Waals surface area contributed by atoms with E-state index < -0.39 is 5.60 Å². The Morgan fingerprint density at radius 1 is 1.47 bits per heavy atom. The van der Waals surface area contributed by atoms with Crippen molar-refractivity contribution in [3.63, 3.8) is 0 Å². The third-order valence-electron chi connectivity index (χ3n) is 3.16. The molecule has 0 aromatic carbocycles. The molecule has 0 spiro atoms. The predicted molar refractivity (Wildman–Crippen MR) is 74.9 cm³/mol. The SMILES string of the molecule is C=CC[C@@](C)(O)C1=CC/C(=C\CCCC)C=C1. The summed E-state index contributed by atoms with van der Waals surface area (Å²) in [6.45, 7) is 7.73. The average Bonchev–Trinajstić information content (AvgIpc) is 2.30. The first kappa shape index (κ1) is 14.0. The van der Waals surface area contributed by atoms with Crippen LogP contribution in [0, 0.1) is 0 Å². The summed E-state index contributed by atoms with van der Waals surface area (Å²) in [6, 6.07) is 0. The van der Waals surface area contributed by atoms with Crippen molar-refractivity contribution in [1.82, 2.24) is 0 Å². The summed E-state index contributed by atoms with van der Waals surface area (Å²) >= 11 is 0. The second kappa shape index (κ2) is 6.61. The van der Waals surface area contributed by atoms with Gasteiger partial charge in [-0.2, -0.15) is 0 Å². The Hall–Kier alpha value is -1.08. The van der Waals surface area contributed by atoms with Gasteiger partial charge in [0.15, 0.2) is 0 Å². The van der Waals surface area contributed by atoms with E-state index in [9.17, 15) is 5.11 Å². The minimum Gasteiger partial charge on any atom is -0.385 e. The van der Waals surface area contributed by atoms with E-state index in [-0.39, 0.29) is 0 Å². The van der Waals surface area contributed by atoms with Crippen LogP contribution in [-0.4, -0.2) is 10.7 Å². The maximum atomic E-state index is 10.2. The van der Waals surface area contributed by atoms with Crippen LogP contribution in [0.4, 0.5) is 0 Å². The molecular formula is C16H24O. The highest BCUT2D eigenvalue weighted by Gasteiger charge is 2.23. The van der Waals surface area contributed by atoms with Gasteiger partial charge in [0, 0.05) is 0 Å². The van der Waals surface area contributed by atoms with Crippen molar-refractivity contribution in [2.45, 2.75) is 51.6 Å². The van der Waals surface area contributed by atoms with Gasteiger partial charge in [0.05, 0.1) is 5.60 Å². The van der Waals surface area contributed by atoms with Crippen LogP contribution in [0.5, 0.6) is 0 Å². The molecule has 17 heavy (non-hydrogen) atoms. The fraction of sp³-hybridized carbons (Fsp3) is 0.500. The minimum atomic E-state index is -0.771. The van der Waals surface area contributed by atoms with Crippen LogP contribution in [0.15, 0.2) is 48.1 Å². The number of allylic oxidation sites excluding steroid dienone is 4. The first-order chi connectivity index (χ1) is 8.10. The summed E-state index contributed by atoms with van der Waals surface area (Å²) in [4.78, 5) is 0. The third-order valence-corrected chi connectivity index (χ3v) is 3.16. The Labute approximate surface area is 105 Å². The van der Waals surface area contributed by atoms with E-state index in [1.54, 1.807) is 6.08 Å². The topological polar surface area (TPSA) is 20.2 Å². The highest BCUT2D eigenvalue weighted by atomic mass is 16.3. The molecule has 94 valence electrons. The second-order valence-electron chi connectivity index (χ2n) is 4.88. The maximum Gasteiger partial charge on any atom is 0.0899 e. The summed E-state index contributed by atoms with van der Waals surface area (Å²) in [5.41, 5.74) is 1.59. The fourth-order valence-electron chi connectivity index (χ4n) is 2.00. The van der Waals surface area contributed by atoms with Gasteiger partial charge >= 0.3 is 0 Å². The van der Waals surface area contributed by atoms with Gasteiger partial charge in [-0.15, -0.1) is 6.58 Å². The van der Waals surface area contributed by atoms with Crippen molar-refractivity contribution in [2.75, 3.05) is 0 Å². The van der Waals surface area contributed by atoms with Gasteiger partial charge in [0.1, 0.15) is 0 Å². The lowest BCUT2D eigenvalue weighted by Crippen LogP contribution is -2.25. The normalized spacial score (nSPS) is 21.1. The molecule has 1 atom stereocenters. The Morgan fingerprint density at radius 2 is 2.24 bits per heavy atom. The van der Waals surface area contributed by atoms with Crippen molar-refractivity contribution in [3.8, 4) is 0 Å². The van der Waals surface area contributed by atoms with E-state index in [0.29, 0.717) is 6.42 Å². The lowest BCUT2D eigenvalue weighted by Gasteiger charge is -2.25.